The van der Waals surface area contributed by atoms with Crippen LogP contribution in [-0.2, 0) is 9.68 Å². The summed E-state index contributed by atoms with van der Waals surface area (Å²) in [5.74, 6) is 2.97. The highest BCUT2D eigenvalue weighted by Gasteiger charge is 2.60. The first-order valence-electron chi connectivity index (χ1n) is 9.01. The second-order valence-corrected chi connectivity index (χ2v) is 8.74. The zero-order valence-electron chi connectivity index (χ0n) is 13.8. The Morgan fingerprint density at radius 2 is 1.95 bits per heavy atom. The number of carbonyl (C=O) groups excluding carboxylic acids is 1. The van der Waals surface area contributed by atoms with Crippen LogP contribution in [0.3, 0.4) is 0 Å². The number of hydrogen-bond donors (Lipinski definition) is 1. The van der Waals surface area contributed by atoms with Gasteiger partial charge < -0.3 is 0 Å². The van der Waals surface area contributed by atoms with Crippen LogP contribution < -0.4 is 0 Å². The zero-order valence-corrected chi connectivity index (χ0v) is 13.8. The van der Waals surface area contributed by atoms with Crippen molar-refractivity contribution in [1.29, 1.82) is 0 Å². The van der Waals surface area contributed by atoms with Crippen LogP contribution in [-0.4, -0.2) is 17.1 Å². The first kappa shape index (κ1) is 14.9. The second-order valence-electron chi connectivity index (χ2n) is 8.74. The van der Waals surface area contributed by atoms with Crippen molar-refractivity contribution in [3.05, 3.63) is 12.2 Å². The predicted octanol–water partition coefficient (Wildman–Crippen LogP) is 4.23. The first-order valence-corrected chi connectivity index (χ1v) is 9.01. The van der Waals surface area contributed by atoms with Gasteiger partial charge in [0.15, 0.2) is 5.78 Å². The SMILES string of the molecule is C[C@]12C=CC(=O)C[C@@H]1CC[C@@H]1[C@@H]2CC[C@]2(C)[C@@H](OO)CC[C@@H]12. The summed E-state index contributed by atoms with van der Waals surface area (Å²) in [6, 6.07) is 0. The average molecular weight is 304 g/mol. The molecular weight excluding hydrogens is 276 g/mol. The molecule has 0 aromatic carbocycles. The van der Waals surface area contributed by atoms with Crippen molar-refractivity contribution in [1.82, 2.24) is 0 Å². The largest absolute Gasteiger partial charge is 0.295 e. The van der Waals surface area contributed by atoms with Crippen molar-refractivity contribution in [2.45, 2.75) is 64.9 Å². The summed E-state index contributed by atoms with van der Waals surface area (Å²) in [7, 11) is 0. The van der Waals surface area contributed by atoms with Crippen molar-refractivity contribution in [2.24, 2.45) is 34.5 Å². The fraction of sp³-hybridized carbons (Fsp3) is 0.842. The van der Waals surface area contributed by atoms with E-state index in [0.717, 1.165) is 25.2 Å². The van der Waals surface area contributed by atoms with Crippen LogP contribution in [0.4, 0.5) is 0 Å². The molecule has 1 N–H and O–H groups in total. The van der Waals surface area contributed by atoms with E-state index in [1.807, 2.05) is 6.08 Å². The van der Waals surface area contributed by atoms with E-state index in [1.165, 1.54) is 25.7 Å². The Morgan fingerprint density at radius 1 is 1.14 bits per heavy atom. The van der Waals surface area contributed by atoms with E-state index in [1.54, 1.807) is 0 Å². The van der Waals surface area contributed by atoms with E-state index >= 15 is 0 Å². The van der Waals surface area contributed by atoms with Gasteiger partial charge in [0.25, 0.3) is 0 Å². The fourth-order valence-electron chi connectivity index (χ4n) is 6.76. The van der Waals surface area contributed by atoms with Gasteiger partial charge in [0.2, 0.25) is 0 Å². The minimum atomic E-state index is 0.0208. The van der Waals surface area contributed by atoms with Gasteiger partial charge in [0.1, 0.15) is 0 Å². The molecule has 4 rings (SSSR count). The Labute approximate surface area is 133 Å². The van der Waals surface area contributed by atoms with Gasteiger partial charge in [0.05, 0.1) is 6.10 Å². The van der Waals surface area contributed by atoms with Crippen LogP contribution in [0, 0.1) is 34.5 Å². The third-order valence-electron chi connectivity index (χ3n) is 8.08. The van der Waals surface area contributed by atoms with Gasteiger partial charge >= 0.3 is 0 Å². The molecule has 0 amide bonds. The molecule has 0 spiro atoms. The number of fused-ring (bicyclic) bond motifs is 5. The zero-order chi connectivity index (χ0) is 15.5. The molecule has 0 bridgehead atoms. The number of hydrogen-bond acceptors (Lipinski definition) is 3. The molecular formula is C19H28O3. The maximum Gasteiger partial charge on any atom is 0.155 e. The van der Waals surface area contributed by atoms with Crippen molar-refractivity contribution >= 4 is 5.78 Å². The smallest absolute Gasteiger partial charge is 0.155 e. The molecule has 0 aromatic heterocycles. The Kier molecular flexibility index (Phi) is 3.32. The topological polar surface area (TPSA) is 46.5 Å². The van der Waals surface area contributed by atoms with E-state index < -0.39 is 0 Å². The van der Waals surface area contributed by atoms with Crippen LogP contribution >= 0.6 is 0 Å². The Bertz CT molecular complexity index is 513. The summed E-state index contributed by atoms with van der Waals surface area (Å²) in [4.78, 5) is 16.7. The molecule has 0 heterocycles. The second kappa shape index (κ2) is 4.91. The summed E-state index contributed by atoms with van der Waals surface area (Å²) in [5, 5.41) is 9.28. The number of rotatable bonds is 1. The molecule has 122 valence electrons. The first-order chi connectivity index (χ1) is 10.5. The predicted molar refractivity (Wildman–Crippen MR) is 84.1 cm³/mol. The van der Waals surface area contributed by atoms with Crippen LogP contribution in [0.15, 0.2) is 12.2 Å². The van der Waals surface area contributed by atoms with Crippen molar-refractivity contribution < 1.29 is 14.9 Å². The molecule has 7 atom stereocenters. The van der Waals surface area contributed by atoms with Crippen LogP contribution in [0.25, 0.3) is 0 Å². The maximum absolute atomic E-state index is 11.8. The third-order valence-corrected chi connectivity index (χ3v) is 8.08. The van der Waals surface area contributed by atoms with Gasteiger partial charge in [-0.1, -0.05) is 19.9 Å². The minimum Gasteiger partial charge on any atom is -0.295 e. The third kappa shape index (κ3) is 1.85. The van der Waals surface area contributed by atoms with E-state index in [-0.39, 0.29) is 16.9 Å². The number of allylic oxidation sites excluding steroid dienone is 2. The summed E-state index contributed by atoms with van der Waals surface area (Å²) in [5.41, 5.74) is 0.351. The van der Waals surface area contributed by atoms with Crippen molar-refractivity contribution in [3.63, 3.8) is 0 Å². The van der Waals surface area contributed by atoms with E-state index in [0.29, 0.717) is 23.5 Å². The summed E-state index contributed by atoms with van der Waals surface area (Å²) in [6.07, 6.45) is 11.8. The molecule has 0 radical (unpaired) electrons. The van der Waals surface area contributed by atoms with Crippen molar-refractivity contribution in [2.75, 3.05) is 0 Å². The Hall–Kier alpha value is -0.670. The monoisotopic (exact) mass is 304 g/mol. The highest BCUT2D eigenvalue weighted by molar-refractivity contribution is 5.91. The number of ketones is 1. The molecule has 4 aliphatic carbocycles. The molecule has 0 aliphatic heterocycles. The molecule has 22 heavy (non-hydrogen) atoms. The quantitative estimate of drug-likeness (QED) is 0.582. The van der Waals surface area contributed by atoms with Crippen molar-refractivity contribution in [3.8, 4) is 0 Å². The lowest BCUT2D eigenvalue weighted by Gasteiger charge is -2.58. The lowest BCUT2D eigenvalue weighted by Crippen LogP contribution is -2.53. The van der Waals surface area contributed by atoms with E-state index in [4.69, 9.17) is 4.89 Å². The molecule has 3 heteroatoms. The summed E-state index contributed by atoms with van der Waals surface area (Å²) >= 11 is 0. The van der Waals surface area contributed by atoms with Gasteiger partial charge in [-0.3, -0.25) is 10.1 Å². The number of carbonyl (C=O) groups is 1. The highest BCUT2D eigenvalue weighted by atomic mass is 17.1. The summed E-state index contributed by atoms with van der Waals surface area (Å²) in [6.45, 7) is 4.73. The van der Waals surface area contributed by atoms with Gasteiger partial charge in [-0.25, -0.2) is 4.89 Å². The summed E-state index contributed by atoms with van der Waals surface area (Å²) < 4.78 is 0. The van der Waals surface area contributed by atoms with E-state index in [2.05, 4.69) is 19.9 Å². The van der Waals surface area contributed by atoms with Crippen LogP contribution in [0.2, 0.25) is 0 Å². The molecule has 0 saturated heterocycles. The van der Waals surface area contributed by atoms with Gasteiger partial charge in [-0.05, 0) is 73.7 Å². The van der Waals surface area contributed by atoms with Crippen LogP contribution in [0.1, 0.15) is 58.8 Å². The molecule has 0 aromatic rings. The normalized spacial score (nSPS) is 53.8. The van der Waals surface area contributed by atoms with Crippen LogP contribution in [0.5, 0.6) is 0 Å². The molecule has 3 nitrogen and oxygen atoms in total. The lowest BCUT2D eigenvalue weighted by molar-refractivity contribution is -0.304. The molecule has 3 saturated carbocycles. The lowest BCUT2D eigenvalue weighted by atomic mass is 9.46. The van der Waals surface area contributed by atoms with E-state index in [9.17, 15) is 10.1 Å². The van der Waals surface area contributed by atoms with Gasteiger partial charge in [-0.2, -0.15) is 0 Å². The molecule has 4 aliphatic rings. The Balaban J connectivity index is 1.66. The molecule has 3 fully saturated rings. The standard InChI is InChI=1S/C19H28O3/c1-18-9-7-13(20)11-12(18)3-4-14-15-5-6-17(22-21)19(15,2)10-8-16(14)18/h7,9,12,14-17,21H,3-6,8,10-11H2,1-2H3/t12-,14-,15-,16-,17-,18-,19-/m0/s1. The Morgan fingerprint density at radius 3 is 2.73 bits per heavy atom. The fourth-order valence-corrected chi connectivity index (χ4v) is 6.76. The minimum absolute atomic E-state index is 0.0208. The van der Waals surface area contributed by atoms with Gasteiger partial charge in [0, 0.05) is 11.8 Å². The van der Waals surface area contributed by atoms with Gasteiger partial charge in [-0.15, -0.1) is 0 Å². The highest BCUT2D eigenvalue weighted by Crippen LogP contribution is 2.65. The molecule has 0 unspecified atom stereocenters. The maximum atomic E-state index is 11.8. The average Bonchev–Trinajstić information content (AvgIpc) is 2.84.